The summed E-state index contributed by atoms with van der Waals surface area (Å²) in [5, 5.41) is 11.1. The second kappa shape index (κ2) is 7.36. The van der Waals surface area contributed by atoms with Crippen LogP contribution in [0.5, 0.6) is 0 Å². The van der Waals surface area contributed by atoms with Crippen LogP contribution in [-0.4, -0.2) is 23.3 Å². The second-order valence-electron chi connectivity index (χ2n) is 4.81. The Morgan fingerprint density at radius 2 is 1.96 bits per heavy atom. The molecule has 0 atom stereocenters. The number of ketones is 1. The number of hydrogen-bond acceptors (Lipinski definition) is 6. The third kappa shape index (κ3) is 3.75. The van der Waals surface area contributed by atoms with Crippen LogP contribution in [0.2, 0.25) is 0 Å². The molecule has 0 bridgehead atoms. The number of ether oxygens (including phenoxy) is 1. The standard InChI is InChI=1S/C17H15NO6/c1-3-23-17(20)14(11(2)19)10-12-8-9-16(24-12)13-6-4-5-7-15(13)18(21)22/h4-10H,3H2,1-2H3. The maximum Gasteiger partial charge on any atom is 0.341 e. The predicted octanol–water partition coefficient (Wildman–Crippen LogP) is 3.39. The average molecular weight is 329 g/mol. The second-order valence-corrected chi connectivity index (χ2v) is 4.81. The van der Waals surface area contributed by atoms with Crippen LogP contribution in [0.15, 0.2) is 46.4 Å². The Morgan fingerprint density at radius 1 is 1.25 bits per heavy atom. The minimum atomic E-state index is -0.742. The van der Waals surface area contributed by atoms with E-state index in [1.165, 1.54) is 31.2 Å². The summed E-state index contributed by atoms with van der Waals surface area (Å²) in [5.41, 5.74) is 0.0579. The molecule has 0 unspecified atom stereocenters. The minimum absolute atomic E-state index is 0.0976. The molecule has 0 saturated heterocycles. The van der Waals surface area contributed by atoms with Crippen LogP contribution in [0.4, 0.5) is 5.69 Å². The third-order valence-electron chi connectivity index (χ3n) is 3.15. The molecule has 7 nitrogen and oxygen atoms in total. The lowest BCUT2D eigenvalue weighted by atomic mass is 10.1. The molecule has 0 aliphatic rings. The highest BCUT2D eigenvalue weighted by Gasteiger charge is 2.19. The Morgan fingerprint density at radius 3 is 2.58 bits per heavy atom. The van der Waals surface area contributed by atoms with Gasteiger partial charge in [0.2, 0.25) is 0 Å². The van der Waals surface area contributed by atoms with Gasteiger partial charge in [0, 0.05) is 6.07 Å². The van der Waals surface area contributed by atoms with Crippen molar-refractivity contribution in [3.05, 3.63) is 57.8 Å². The normalized spacial score (nSPS) is 11.2. The van der Waals surface area contributed by atoms with E-state index >= 15 is 0 Å². The number of carbonyl (C=O) groups is 2. The number of furan rings is 1. The summed E-state index contributed by atoms with van der Waals surface area (Å²) in [6, 6.07) is 9.19. The van der Waals surface area contributed by atoms with Crippen LogP contribution in [-0.2, 0) is 14.3 Å². The van der Waals surface area contributed by atoms with E-state index in [1.54, 1.807) is 25.1 Å². The van der Waals surface area contributed by atoms with E-state index in [1.807, 2.05) is 0 Å². The molecule has 2 aromatic rings. The first kappa shape index (κ1) is 17.1. The van der Waals surface area contributed by atoms with Crippen LogP contribution in [0, 0.1) is 10.1 Å². The van der Waals surface area contributed by atoms with E-state index in [0.717, 1.165) is 0 Å². The van der Waals surface area contributed by atoms with Gasteiger partial charge >= 0.3 is 5.97 Å². The molecule has 24 heavy (non-hydrogen) atoms. The lowest BCUT2D eigenvalue weighted by Gasteiger charge is -2.02. The van der Waals surface area contributed by atoms with Gasteiger partial charge in [-0.15, -0.1) is 0 Å². The number of nitrogens with zero attached hydrogens (tertiary/aromatic N) is 1. The number of esters is 1. The molecular weight excluding hydrogens is 314 g/mol. The van der Waals surface area contributed by atoms with Gasteiger partial charge in [-0.25, -0.2) is 4.79 Å². The molecule has 0 aliphatic heterocycles. The van der Waals surface area contributed by atoms with E-state index in [9.17, 15) is 19.7 Å². The van der Waals surface area contributed by atoms with Crippen molar-refractivity contribution in [3.8, 4) is 11.3 Å². The molecule has 1 aromatic heterocycles. The number of rotatable bonds is 6. The monoisotopic (exact) mass is 329 g/mol. The smallest absolute Gasteiger partial charge is 0.341 e. The number of benzene rings is 1. The fraction of sp³-hybridized carbons (Fsp3) is 0.176. The van der Waals surface area contributed by atoms with Gasteiger partial charge in [-0.2, -0.15) is 0 Å². The fourth-order valence-corrected chi connectivity index (χ4v) is 2.07. The van der Waals surface area contributed by atoms with Gasteiger partial charge in [-0.05, 0) is 38.1 Å². The number of carbonyl (C=O) groups excluding carboxylic acids is 2. The van der Waals surface area contributed by atoms with Crippen molar-refractivity contribution in [2.45, 2.75) is 13.8 Å². The quantitative estimate of drug-likeness (QED) is 0.201. The zero-order valence-corrected chi connectivity index (χ0v) is 13.1. The molecule has 0 spiro atoms. The summed E-state index contributed by atoms with van der Waals surface area (Å²) in [5.74, 6) is -0.715. The molecule has 124 valence electrons. The zero-order valence-electron chi connectivity index (χ0n) is 13.1. The summed E-state index contributed by atoms with van der Waals surface area (Å²) in [4.78, 5) is 33.9. The van der Waals surface area contributed by atoms with E-state index < -0.39 is 16.7 Å². The molecule has 7 heteroatoms. The van der Waals surface area contributed by atoms with Crippen molar-refractivity contribution in [1.29, 1.82) is 0 Å². The first-order valence-electron chi connectivity index (χ1n) is 7.17. The van der Waals surface area contributed by atoms with Crippen molar-refractivity contribution >= 4 is 23.5 Å². The fourth-order valence-electron chi connectivity index (χ4n) is 2.07. The van der Waals surface area contributed by atoms with Gasteiger partial charge < -0.3 is 9.15 Å². The Bertz CT molecular complexity index is 818. The van der Waals surface area contributed by atoms with Gasteiger partial charge in [-0.1, -0.05) is 12.1 Å². The van der Waals surface area contributed by atoms with Gasteiger partial charge in [-0.3, -0.25) is 14.9 Å². The molecule has 0 aliphatic carbocycles. The predicted molar refractivity (Wildman–Crippen MR) is 86.1 cm³/mol. The molecule has 0 radical (unpaired) electrons. The summed E-state index contributed by atoms with van der Waals surface area (Å²) in [6.45, 7) is 3.02. The van der Waals surface area contributed by atoms with Crippen LogP contribution >= 0.6 is 0 Å². The number of nitro groups is 1. The third-order valence-corrected chi connectivity index (χ3v) is 3.15. The average Bonchev–Trinajstić information content (AvgIpc) is 3.01. The Hall–Kier alpha value is -3.22. The largest absolute Gasteiger partial charge is 0.462 e. The van der Waals surface area contributed by atoms with E-state index in [2.05, 4.69) is 0 Å². The number of Topliss-reactive ketones (excluding diaryl/α,β-unsaturated/α-hetero) is 1. The van der Waals surface area contributed by atoms with Crippen molar-refractivity contribution in [2.24, 2.45) is 0 Å². The van der Waals surface area contributed by atoms with Gasteiger partial charge in [0.25, 0.3) is 5.69 Å². The number of hydrogen-bond donors (Lipinski definition) is 0. The Labute approximate surface area is 137 Å². The van der Waals surface area contributed by atoms with Crippen molar-refractivity contribution in [3.63, 3.8) is 0 Å². The van der Waals surface area contributed by atoms with Crippen molar-refractivity contribution < 1.29 is 23.7 Å². The molecule has 0 N–H and O–H groups in total. The lowest BCUT2D eigenvalue weighted by molar-refractivity contribution is -0.384. The number of nitro benzene ring substituents is 1. The molecule has 1 aromatic carbocycles. The lowest BCUT2D eigenvalue weighted by Crippen LogP contribution is -2.13. The van der Waals surface area contributed by atoms with Gasteiger partial charge in [0.1, 0.15) is 17.1 Å². The maximum absolute atomic E-state index is 11.8. The zero-order chi connectivity index (χ0) is 17.7. The highest BCUT2D eigenvalue weighted by molar-refractivity contribution is 6.19. The molecule has 2 rings (SSSR count). The van der Waals surface area contributed by atoms with Gasteiger partial charge in [0.15, 0.2) is 5.78 Å². The highest BCUT2D eigenvalue weighted by atomic mass is 16.6. The summed E-state index contributed by atoms with van der Waals surface area (Å²) >= 11 is 0. The topological polar surface area (TPSA) is 99.7 Å². The Kier molecular flexibility index (Phi) is 5.26. The van der Waals surface area contributed by atoms with Crippen LogP contribution in [0.25, 0.3) is 17.4 Å². The summed E-state index contributed by atoms with van der Waals surface area (Å²) < 4.78 is 10.3. The highest BCUT2D eigenvalue weighted by Crippen LogP contribution is 2.31. The van der Waals surface area contributed by atoms with E-state index in [-0.39, 0.29) is 29.4 Å². The molecule has 0 fully saturated rings. The molecular formula is C17H15NO6. The first-order valence-corrected chi connectivity index (χ1v) is 7.17. The summed E-state index contributed by atoms with van der Waals surface area (Å²) in [6.07, 6.45) is 1.26. The molecule has 0 amide bonds. The first-order chi connectivity index (χ1) is 11.4. The van der Waals surface area contributed by atoms with Crippen LogP contribution in [0.1, 0.15) is 19.6 Å². The Balaban J connectivity index is 2.40. The SMILES string of the molecule is CCOC(=O)C(=Cc1ccc(-c2ccccc2[N+](=O)[O-])o1)C(C)=O. The molecule has 0 saturated carbocycles. The van der Waals surface area contributed by atoms with Gasteiger partial charge in [0.05, 0.1) is 17.1 Å². The van der Waals surface area contributed by atoms with Crippen molar-refractivity contribution in [1.82, 2.24) is 0 Å². The van der Waals surface area contributed by atoms with E-state index in [4.69, 9.17) is 9.15 Å². The molecule has 1 heterocycles. The van der Waals surface area contributed by atoms with Crippen LogP contribution in [0.3, 0.4) is 0 Å². The minimum Gasteiger partial charge on any atom is -0.462 e. The van der Waals surface area contributed by atoms with Crippen LogP contribution < -0.4 is 0 Å². The van der Waals surface area contributed by atoms with E-state index in [0.29, 0.717) is 5.56 Å². The maximum atomic E-state index is 11.8. The number of para-hydroxylation sites is 1. The summed E-state index contributed by atoms with van der Waals surface area (Å²) in [7, 11) is 0. The van der Waals surface area contributed by atoms with Crippen molar-refractivity contribution in [2.75, 3.05) is 6.61 Å².